The molecule has 1 unspecified atom stereocenters. The van der Waals surface area contributed by atoms with Crippen LogP contribution >= 0.6 is 12.1 Å². The Morgan fingerprint density at radius 2 is 1.77 bits per heavy atom. The van der Waals surface area contributed by atoms with Gasteiger partial charge < -0.3 is 28.9 Å². The van der Waals surface area contributed by atoms with Crippen molar-refractivity contribution in [2.24, 2.45) is 17.9 Å². The molecule has 6 aliphatic rings. The highest BCUT2D eigenvalue weighted by Crippen LogP contribution is 2.54. The van der Waals surface area contributed by atoms with Gasteiger partial charge in [0, 0.05) is 88.9 Å². The molecule has 2 aromatic heterocycles. The molecule has 6 fully saturated rings. The van der Waals surface area contributed by atoms with E-state index in [2.05, 4.69) is 41.9 Å². The lowest BCUT2D eigenvalue weighted by molar-refractivity contribution is -0.0826. The van der Waals surface area contributed by atoms with Crippen LogP contribution in [0.5, 0.6) is 11.5 Å². The Hall–Kier alpha value is -4.95. The second-order valence-corrected chi connectivity index (χ2v) is 20.0. The van der Waals surface area contributed by atoms with E-state index >= 15 is 8.78 Å². The van der Waals surface area contributed by atoms with Crippen molar-refractivity contribution in [3.05, 3.63) is 76.3 Å². The molecule has 5 aromatic rings. The molecule has 4 aliphatic heterocycles. The van der Waals surface area contributed by atoms with Crippen molar-refractivity contribution in [2.45, 2.75) is 76.0 Å². The van der Waals surface area contributed by atoms with Crippen molar-refractivity contribution >= 4 is 51.1 Å². The summed E-state index contributed by atoms with van der Waals surface area (Å²) < 4.78 is 52.3. The van der Waals surface area contributed by atoms with E-state index in [1.807, 2.05) is 29.7 Å². The summed E-state index contributed by atoms with van der Waals surface area (Å²) in [6.45, 7) is 8.93. The van der Waals surface area contributed by atoms with Crippen molar-refractivity contribution in [3.8, 4) is 17.6 Å². The number of hydrogen-bond donors (Lipinski definition) is 1. The fraction of sp³-hybridized carbons (Fsp3) is 0.522. The normalized spacial score (nSPS) is 22.7. The van der Waals surface area contributed by atoms with Crippen LogP contribution in [0, 0.1) is 33.8 Å². The number of likely N-dealkylation sites (tertiary alicyclic amines) is 1. The standard InChI is InChI=1S/C46H52F2N10O3S/c1-4-53(2)42-33-17-36(48)40(18-39(33)54(3)51-42)56-24-45(25-56)19-29(20-45)55-14-12-46(13-15-55)21-30(23-60-46)58-28-50-37-8-6-31(16-32(37)43(58)59)61-41-34(22-49)38(9-7-35(41)47)52-62-57-26-44(27-57)10-5-11-44/h6-9,16-18,28-30,52H,4-5,10-15,19-21,23-27H2,1-3H3. The maximum absolute atomic E-state index is 15.5. The lowest BCUT2D eigenvalue weighted by atomic mass is 9.59. The van der Waals surface area contributed by atoms with Gasteiger partial charge in [0.1, 0.15) is 23.2 Å². The van der Waals surface area contributed by atoms with Gasteiger partial charge in [0.15, 0.2) is 17.4 Å². The molecule has 324 valence electrons. The largest absolute Gasteiger partial charge is 0.453 e. The Kier molecular flexibility index (Phi) is 9.53. The van der Waals surface area contributed by atoms with Crippen molar-refractivity contribution in [1.29, 1.82) is 5.26 Å². The lowest BCUT2D eigenvalue weighted by Crippen LogP contribution is -2.67. The van der Waals surface area contributed by atoms with E-state index in [-0.39, 0.29) is 45.5 Å². The van der Waals surface area contributed by atoms with Crippen LogP contribution < -0.4 is 24.8 Å². The maximum atomic E-state index is 15.5. The number of aromatic nitrogens is 4. The monoisotopic (exact) mass is 862 g/mol. The summed E-state index contributed by atoms with van der Waals surface area (Å²) >= 11 is 1.43. The molecule has 13 nitrogen and oxygen atoms in total. The molecule has 16 heteroatoms. The molecule has 0 radical (unpaired) electrons. The minimum atomic E-state index is -0.662. The van der Waals surface area contributed by atoms with Crippen molar-refractivity contribution in [3.63, 3.8) is 0 Å². The SMILES string of the molecule is CCN(C)c1nn(C)c2cc(N3CC4(CC(N5CCC6(CC5)CC(n5cnc7ccc(Oc8c(F)ccc(NSN9CC%10(CCC%10)C9)c8C#N)cc7c5=O)CO6)C4)C3)c(F)cc12. The highest BCUT2D eigenvalue weighted by Gasteiger charge is 2.55. The van der Waals surface area contributed by atoms with E-state index in [1.54, 1.807) is 41.2 Å². The smallest absolute Gasteiger partial charge is 0.261 e. The first-order valence-corrected chi connectivity index (χ1v) is 22.8. The summed E-state index contributed by atoms with van der Waals surface area (Å²) in [5.41, 5.74) is 2.85. The maximum Gasteiger partial charge on any atom is 0.261 e. The Morgan fingerprint density at radius 3 is 2.50 bits per heavy atom. The first-order valence-electron chi connectivity index (χ1n) is 22.1. The third-order valence-corrected chi connectivity index (χ3v) is 16.0. The Balaban J connectivity index is 0.705. The number of halogens is 2. The van der Waals surface area contributed by atoms with E-state index in [0.29, 0.717) is 40.3 Å². The quantitative estimate of drug-likeness (QED) is 0.139. The van der Waals surface area contributed by atoms with Gasteiger partial charge in [-0.25, -0.2) is 18.1 Å². The Morgan fingerprint density at radius 1 is 0.984 bits per heavy atom. The topological polar surface area (TPSA) is 120 Å². The summed E-state index contributed by atoms with van der Waals surface area (Å²) in [4.78, 5) is 25.5. The number of hydrogen-bond acceptors (Lipinski definition) is 12. The number of aryl methyl sites for hydroxylation is 1. The Labute approximate surface area is 363 Å². The molecular formula is C46H52F2N10O3S. The van der Waals surface area contributed by atoms with Gasteiger partial charge in [-0.1, -0.05) is 6.42 Å². The van der Waals surface area contributed by atoms with E-state index in [9.17, 15) is 10.1 Å². The summed E-state index contributed by atoms with van der Waals surface area (Å²) in [5, 5.41) is 16.0. The number of ether oxygens (including phenoxy) is 2. The minimum Gasteiger partial charge on any atom is -0.453 e. The zero-order valence-electron chi connectivity index (χ0n) is 35.5. The van der Waals surface area contributed by atoms with Crippen LogP contribution in [0.1, 0.15) is 69.9 Å². The highest BCUT2D eigenvalue weighted by molar-refractivity contribution is 7.98. The van der Waals surface area contributed by atoms with Gasteiger partial charge in [-0.2, -0.15) is 10.4 Å². The predicted octanol–water partition coefficient (Wildman–Crippen LogP) is 7.61. The molecule has 3 spiro atoms. The number of anilines is 3. The fourth-order valence-electron chi connectivity index (χ4n) is 11.2. The molecule has 0 bridgehead atoms. The summed E-state index contributed by atoms with van der Waals surface area (Å²) in [5.74, 6) is 0.0158. The first kappa shape index (κ1) is 39.9. The molecule has 11 rings (SSSR count). The number of fused-ring (bicyclic) bond motifs is 2. The number of rotatable bonds is 10. The second kappa shape index (κ2) is 14.8. The van der Waals surface area contributed by atoms with E-state index in [0.717, 1.165) is 94.6 Å². The van der Waals surface area contributed by atoms with Gasteiger partial charge in [-0.15, -0.1) is 0 Å². The zero-order chi connectivity index (χ0) is 42.5. The predicted molar refractivity (Wildman–Crippen MR) is 237 cm³/mol. The summed E-state index contributed by atoms with van der Waals surface area (Å²) in [7, 11) is 3.90. The lowest BCUT2D eigenvalue weighted by Gasteiger charge is -2.62. The number of piperidine rings is 1. The number of nitrogens with one attached hydrogen (secondary N) is 1. The van der Waals surface area contributed by atoms with Crippen LogP contribution in [0.25, 0.3) is 21.8 Å². The molecule has 0 amide bonds. The minimum absolute atomic E-state index is 0.0621. The highest BCUT2D eigenvalue weighted by atomic mass is 32.2. The number of benzene rings is 3. The van der Waals surface area contributed by atoms with Crippen LogP contribution in [0.2, 0.25) is 0 Å². The summed E-state index contributed by atoms with van der Waals surface area (Å²) in [6.07, 6.45) is 10.2. The second-order valence-electron chi connectivity index (χ2n) is 19.1. The number of nitrogens with zero attached hydrogens (tertiary/aromatic N) is 9. The van der Waals surface area contributed by atoms with Crippen LogP contribution in [-0.2, 0) is 11.8 Å². The van der Waals surface area contributed by atoms with Gasteiger partial charge >= 0.3 is 0 Å². The molecule has 62 heavy (non-hydrogen) atoms. The molecule has 4 saturated heterocycles. The van der Waals surface area contributed by atoms with Gasteiger partial charge in [0.05, 0.1) is 52.4 Å². The molecule has 1 N–H and O–H groups in total. The summed E-state index contributed by atoms with van der Waals surface area (Å²) in [6, 6.07) is 13.9. The molecule has 1 atom stereocenters. The van der Waals surface area contributed by atoms with E-state index in [4.69, 9.17) is 9.47 Å². The van der Waals surface area contributed by atoms with Gasteiger partial charge in [-0.3, -0.25) is 14.0 Å². The van der Waals surface area contributed by atoms with E-state index in [1.165, 1.54) is 37.5 Å². The fourth-order valence-corrected chi connectivity index (χ4v) is 12.3. The van der Waals surface area contributed by atoms with Crippen molar-refractivity contribution < 1.29 is 18.3 Å². The van der Waals surface area contributed by atoms with Gasteiger partial charge in [-0.05, 0) is 99.7 Å². The van der Waals surface area contributed by atoms with Crippen molar-refractivity contribution in [1.82, 2.24) is 28.5 Å². The van der Waals surface area contributed by atoms with Gasteiger partial charge in [0.25, 0.3) is 5.56 Å². The Bertz CT molecular complexity index is 2680. The van der Waals surface area contributed by atoms with Crippen LogP contribution in [0.3, 0.4) is 0 Å². The van der Waals surface area contributed by atoms with Crippen LogP contribution in [-0.4, -0.2) is 99.6 Å². The van der Waals surface area contributed by atoms with Crippen molar-refractivity contribution in [2.75, 3.05) is 74.0 Å². The molecule has 2 aliphatic carbocycles. The zero-order valence-corrected chi connectivity index (χ0v) is 36.3. The molecule has 3 aromatic carbocycles. The van der Waals surface area contributed by atoms with Crippen LogP contribution in [0.4, 0.5) is 26.0 Å². The third kappa shape index (κ3) is 6.60. The molecule has 6 heterocycles. The molecule has 2 saturated carbocycles. The third-order valence-electron chi connectivity index (χ3n) is 15.2. The number of nitriles is 1. The average molecular weight is 863 g/mol. The molecular weight excluding hydrogens is 811 g/mol. The first-order chi connectivity index (χ1) is 30.0. The van der Waals surface area contributed by atoms with Gasteiger partial charge in [0.2, 0.25) is 0 Å². The van der Waals surface area contributed by atoms with Crippen LogP contribution in [0.15, 0.2) is 53.6 Å². The average Bonchev–Trinajstić information content (AvgIpc) is 3.77. The van der Waals surface area contributed by atoms with E-state index < -0.39 is 5.82 Å².